The van der Waals surface area contributed by atoms with E-state index in [1.807, 2.05) is 0 Å². The SMILES string of the molecule is c1ccc(C2(c3ccccc3)c3ccccc3-c3c(N(c4ccc(-c5cccc6ccccc56)cc4)c4ccccc4-c4cc5ccccc5c5ccccc45)cccc32)cc1. The zero-order valence-corrected chi connectivity index (χ0v) is 34.1. The molecule has 0 atom stereocenters. The number of rotatable bonds is 7. The molecule has 0 saturated carbocycles. The monoisotopic (exact) mass is 787 g/mol. The minimum atomic E-state index is -0.525. The molecule has 0 N–H and O–H groups in total. The second-order valence-corrected chi connectivity index (χ2v) is 16.3. The van der Waals surface area contributed by atoms with E-state index in [-0.39, 0.29) is 0 Å². The van der Waals surface area contributed by atoms with Crippen molar-refractivity contribution in [3.8, 4) is 33.4 Å². The van der Waals surface area contributed by atoms with Gasteiger partial charge in [0, 0.05) is 16.8 Å². The van der Waals surface area contributed by atoms with Gasteiger partial charge in [0.1, 0.15) is 0 Å². The maximum absolute atomic E-state index is 2.52. The molecule has 0 amide bonds. The lowest BCUT2D eigenvalue weighted by Gasteiger charge is -2.34. The van der Waals surface area contributed by atoms with Gasteiger partial charge in [-0.25, -0.2) is 0 Å². The van der Waals surface area contributed by atoms with E-state index in [9.17, 15) is 0 Å². The fourth-order valence-corrected chi connectivity index (χ4v) is 10.5. The van der Waals surface area contributed by atoms with Crippen LogP contribution in [0.5, 0.6) is 0 Å². The largest absolute Gasteiger partial charge is 0.309 e. The molecule has 0 fully saturated rings. The summed E-state index contributed by atoms with van der Waals surface area (Å²) in [4.78, 5) is 2.52. The van der Waals surface area contributed by atoms with Gasteiger partial charge in [0.05, 0.1) is 16.8 Å². The summed E-state index contributed by atoms with van der Waals surface area (Å²) in [5.74, 6) is 0. The van der Waals surface area contributed by atoms with Gasteiger partial charge in [0.15, 0.2) is 0 Å². The second kappa shape index (κ2) is 14.6. The van der Waals surface area contributed by atoms with Crippen LogP contribution in [0.2, 0.25) is 0 Å². The molecule has 0 radical (unpaired) electrons. The topological polar surface area (TPSA) is 3.24 Å². The molecule has 0 saturated heterocycles. The molecule has 0 aliphatic heterocycles. The Kier molecular flexibility index (Phi) is 8.47. The van der Waals surface area contributed by atoms with Gasteiger partial charge in [0.2, 0.25) is 0 Å². The van der Waals surface area contributed by atoms with Crippen LogP contribution in [0.1, 0.15) is 22.3 Å². The third kappa shape index (κ3) is 5.49. The molecule has 1 aliphatic carbocycles. The predicted molar refractivity (Wildman–Crippen MR) is 262 cm³/mol. The number of hydrogen-bond acceptors (Lipinski definition) is 1. The number of anilines is 3. The average molecular weight is 788 g/mol. The van der Waals surface area contributed by atoms with E-state index in [0.29, 0.717) is 0 Å². The average Bonchev–Trinajstić information content (AvgIpc) is 3.66. The van der Waals surface area contributed by atoms with E-state index >= 15 is 0 Å². The first-order chi connectivity index (χ1) is 30.8. The molecule has 0 aromatic heterocycles. The Morgan fingerprint density at radius 3 is 1.56 bits per heavy atom. The summed E-state index contributed by atoms with van der Waals surface area (Å²) < 4.78 is 0. The fraction of sp³-hybridized carbons (Fsp3) is 0.0164. The molecule has 0 spiro atoms. The minimum Gasteiger partial charge on any atom is -0.309 e. The smallest absolute Gasteiger partial charge is 0.0714 e. The lowest BCUT2D eigenvalue weighted by molar-refractivity contribution is 0.768. The van der Waals surface area contributed by atoms with Gasteiger partial charge >= 0.3 is 0 Å². The van der Waals surface area contributed by atoms with E-state index in [1.54, 1.807) is 0 Å². The van der Waals surface area contributed by atoms with Gasteiger partial charge in [-0.2, -0.15) is 0 Å². The van der Waals surface area contributed by atoms with Crippen molar-refractivity contribution in [1.29, 1.82) is 0 Å². The molecule has 12 rings (SSSR count). The van der Waals surface area contributed by atoms with E-state index in [2.05, 4.69) is 254 Å². The van der Waals surface area contributed by atoms with Crippen molar-refractivity contribution in [2.75, 3.05) is 4.90 Å². The zero-order chi connectivity index (χ0) is 41.0. The van der Waals surface area contributed by atoms with Crippen LogP contribution < -0.4 is 4.90 Å². The molecule has 290 valence electrons. The van der Waals surface area contributed by atoms with Gasteiger partial charge in [-0.1, -0.05) is 218 Å². The van der Waals surface area contributed by atoms with Gasteiger partial charge in [-0.3, -0.25) is 0 Å². The van der Waals surface area contributed by atoms with Crippen molar-refractivity contribution in [3.05, 3.63) is 271 Å². The Hall–Kier alpha value is -8.00. The van der Waals surface area contributed by atoms with Crippen LogP contribution in [0, 0.1) is 0 Å². The highest BCUT2D eigenvalue weighted by Gasteiger charge is 2.47. The fourth-order valence-electron chi connectivity index (χ4n) is 10.5. The zero-order valence-electron chi connectivity index (χ0n) is 34.1. The van der Waals surface area contributed by atoms with E-state index in [4.69, 9.17) is 0 Å². The van der Waals surface area contributed by atoms with E-state index in [0.717, 1.165) is 17.1 Å². The highest BCUT2D eigenvalue weighted by Crippen LogP contribution is 2.60. The summed E-state index contributed by atoms with van der Waals surface area (Å²) in [7, 11) is 0. The molecule has 0 unspecified atom stereocenters. The highest BCUT2D eigenvalue weighted by molar-refractivity contribution is 6.15. The third-order valence-electron chi connectivity index (χ3n) is 13.1. The van der Waals surface area contributed by atoms with Crippen LogP contribution in [-0.4, -0.2) is 0 Å². The number of hydrogen-bond donors (Lipinski definition) is 0. The summed E-state index contributed by atoms with van der Waals surface area (Å²) in [5.41, 5.74) is 15.2. The Balaban J connectivity index is 1.15. The number of para-hydroxylation sites is 1. The lowest BCUT2D eigenvalue weighted by atomic mass is 9.68. The molecule has 62 heavy (non-hydrogen) atoms. The van der Waals surface area contributed by atoms with Crippen LogP contribution >= 0.6 is 0 Å². The predicted octanol–water partition coefficient (Wildman–Crippen LogP) is 16.3. The summed E-state index contributed by atoms with van der Waals surface area (Å²) >= 11 is 0. The summed E-state index contributed by atoms with van der Waals surface area (Å²) in [6.45, 7) is 0. The Labute approximate surface area is 362 Å². The maximum atomic E-state index is 2.52. The van der Waals surface area contributed by atoms with Gasteiger partial charge in [0.25, 0.3) is 0 Å². The van der Waals surface area contributed by atoms with Crippen LogP contribution in [0.4, 0.5) is 17.1 Å². The molecule has 0 bridgehead atoms. The van der Waals surface area contributed by atoms with Gasteiger partial charge in [-0.15, -0.1) is 0 Å². The van der Waals surface area contributed by atoms with Gasteiger partial charge < -0.3 is 4.90 Å². The summed E-state index contributed by atoms with van der Waals surface area (Å²) in [5, 5.41) is 7.48. The quantitative estimate of drug-likeness (QED) is 0.145. The summed E-state index contributed by atoms with van der Waals surface area (Å²) in [6, 6.07) is 91.7. The molecule has 1 nitrogen and oxygen atoms in total. The first kappa shape index (κ1) is 35.9. The molecule has 1 aliphatic rings. The second-order valence-electron chi connectivity index (χ2n) is 16.3. The Bertz CT molecular complexity index is 3410. The Morgan fingerprint density at radius 2 is 0.806 bits per heavy atom. The normalized spacial score (nSPS) is 12.6. The maximum Gasteiger partial charge on any atom is 0.0714 e. The lowest BCUT2D eigenvalue weighted by Crippen LogP contribution is -2.28. The number of nitrogens with zero attached hydrogens (tertiary/aromatic N) is 1. The molecular formula is C61H41N. The van der Waals surface area contributed by atoms with Crippen molar-refractivity contribution >= 4 is 49.4 Å². The minimum absolute atomic E-state index is 0.525. The Morgan fingerprint density at radius 1 is 0.290 bits per heavy atom. The molecule has 1 heteroatoms. The van der Waals surface area contributed by atoms with Crippen LogP contribution in [0.15, 0.2) is 249 Å². The van der Waals surface area contributed by atoms with Crippen LogP contribution in [0.25, 0.3) is 65.7 Å². The molecule has 11 aromatic rings. The van der Waals surface area contributed by atoms with Crippen molar-refractivity contribution in [3.63, 3.8) is 0 Å². The third-order valence-corrected chi connectivity index (χ3v) is 13.1. The van der Waals surface area contributed by atoms with Crippen LogP contribution in [-0.2, 0) is 5.41 Å². The molecule has 11 aromatic carbocycles. The van der Waals surface area contributed by atoms with Crippen molar-refractivity contribution in [2.45, 2.75) is 5.41 Å². The van der Waals surface area contributed by atoms with Gasteiger partial charge in [-0.05, 0) is 107 Å². The number of fused-ring (bicyclic) bond motifs is 7. The first-order valence-corrected chi connectivity index (χ1v) is 21.5. The van der Waals surface area contributed by atoms with E-state index in [1.165, 1.54) is 88.0 Å². The summed E-state index contributed by atoms with van der Waals surface area (Å²) in [6.07, 6.45) is 0. The first-order valence-electron chi connectivity index (χ1n) is 21.5. The van der Waals surface area contributed by atoms with Crippen molar-refractivity contribution in [1.82, 2.24) is 0 Å². The van der Waals surface area contributed by atoms with E-state index < -0.39 is 5.41 Å². The standard InChI is InChI=1S/C61H41N/c1-3-22-45(23-4-1)61(46-24-5-2-6-25-46)56-33-15-13-31-54(56)60-57(61)34-18-36-59(60)62(47-39-37-43(38-40-47)49-32-17-21-42-19-7-9-26-48(42)49)58-35-16-14-30-53(58)55-41-44-20-8-10-27-50(44)51-28-11-12-29-52(51)55/h1-41H. The molecular weight excluding hydrogens is 747 g/mol. The molecule has 0 heterocycles. The van der Waals surface area contributed by atoms with Crippen molar-refractivity contribution < 1.29 is 0 Å². The number of benzene rings is 11. The van der Waals surface area contributed by atoms with Crippen molar-refractivity contribution in [2.24, 2.45) is 0 Å². The highest BCUT2D eigenvalue weighted by atomic mass is 15.1. The van der Waals surface area contributed by atoms with Crippen LogP contribution in [0.3, 0.4) is 0 Å².